The monoisotopic (exact) mass is 460 g/mol. The van der Waals surface area contributed by atoms with Crippen molar-refractivity contribution in [2.24, 2.45) is 0 Å². The molecule has 0 bridgehead atoms. The van der Waals surface area contributed by atoms with Crippen molar-refractivity contribution in [3.8, 4) is 0 Å². The fourth-order valence-electron chi connectivity index (χ4n) is 3.58. The number of nitrogens with zero attached hydrogens (tertiary/aromatic N) is 2. The normalized spacial score (nSPS) is 16.4. The van der Waals surface area contributed by atoms with E-state index in [1.165, 1.54) is 24.3 Å². The number of carbonyl (C=O) groups is 1. The van der Waals surface area contributed by atoms with Crippen LogP contribution in [0.3, 0.4) is 0 Å². The van der Waals surface area contributed by atoms with E-state index in [9.17, 15) is 13.2 Å². The van der Waals surface area contributed by atoms with Crippen LogP contribution in [0.2, 0.25) is 0 Å². The van der Waals surface area contributed by atoms with Crippen LogP contribution in [0, 0.1) is 0 Å². The molecule has 0 aliphatic carbocycles. The SMILES string of the molecule is CN(c1nc(C(C)(C)C)ccc1C(=O)NS(=O)(=O)c1ccc(N)cc1)C1(C)CCOCC1. The summed E-state index contributed by atoms with van der Waals surface area (Å²) in [6, 6.07) is 9.10. The van der Waals surface area contributed by atoms with Crippen molar-refractivity contribution in [3.63, 3.8) is 0 Å². The minimum absolute atomic E-state index is 0.0365. The van der Waals surface area contributed by atoms with Crippen LogP contribution in [0.4, 0.5) is 11.5 Å². The molecule has 1 aromatic heterocycles. The van der Waals surface area contributed by atoms with Crippen molar-refractivity contribution < 1.29 is 17.9 Å². The van der Waals surface area contributed by atoms with Gasteiger partial charge in [0.15, 0.2) is 0 Å². The molecule has 2 aromatic rings. The lowest BCUT2D eigenvalue weighted by molar-refractivity contribution is 0.0573. The molecule has 174 valence electrons. The van der Waals surface area contributed by atoms with Gasteiger partial charge in [0, 0.05) is 42.6 Å². The number of rotatable bonds is 5. The average Bonchev–Trinajstić information content (AvgIpc) is 2.72. The molecule has 9 heteroatoms. The first-order chi connectivity index (χ1) is 14.8. The number of aromatic nitrogens is 1. The smallest absolute Gasteiger partial charge is 0.268 e. The van der Waals surface area contributed by atoms with Gasteiger partial charge in [-0.05, 0) is 56.2 Å². The Labute approximate surface area is 190 Å². The highest BCUT2D eigenvalue weighted by Crippen LogP contribution is 2.33. The van der Waals surface area contributed by atoms with E-state index in [0.717, 1.165) is 18.5 Å². The Morgan fingerprint density at radius 1 is 1.12 bits per heavy atom. The molecule has 0 atom stereocenters. The zero-order valence-corrected chi connectivity index (χ0v) is 20.1. The number of nitrogen functional groups attached to an aromatic ring is 1. The first-order valence-electron chi connectivity index (χ1n) is 10.6. The average molecular weight is 461 g/mol. The van der Waals surface area contributed by atoms with Crippen LogP contribution in [-0.4, -0.2) is 45.1 Å². The third kappa shape index (κ3) is 5.05. The van der Waals surface area contributed by atoms with Crippen molar-refractivity contribution in [2.45, 2.75) is 56.4 Å². The van der Waals surface area contributed by atoms with E-state index in [4.69, 9.17) is 15.5 Å². The second-order valence-electron chi connectivity index (χ2n) is 9.49. The van der Waals surface area contributed by atoms with Crippen LogP contribution < -0.4 is 15.4 Å². The Morgan fingerprint density at radius 2 is 1.72 bits per heavy atom. The van der Waals surface area contributed by atoms with Gasteiger partial charge in [-0.2, -0.15) is 0 Å². The Balaban J connectivity index is 2.01. The number of amides is 1. The number of ether oxygens (including phenoxy) is 1. The molecule has 0 unspecified atom stereocenters. The van der Waals surface area contributed by atoms with Crippen LogP contribution in [0.25, 0.3) is 0 Å². The number of pyridine rings is 1. The first-order valence-corrected chi connectivity index (χ1v) is 12.1. The van der Waals surface area contributed by atoms with Gasteiger partial charge in [0.2, 0.25) is 0 Å². The van der Waals surface area contributed by atoms with Gasteiger partial charge < -0.3 is 15.4 Å². The minimum Gasteiger partial charge on any atom is -0.399 e. The fraction of sp³-hybridized carbons (Fsp3) is 0.478. The number of hydrogen-bond acceptors (Lipinski definition) is 7. The van der Waals surface area contributed by atoms with Gasteiger partial charge in [0.05, 0.1) is 10.5 Å². The van der Waals surface area contributed by atoms with E-state index >= 15 is 0 Å². The molecule has 1 aliphatic rings. The Kier molecular flexibility index (Phi) is 6.53. The topological polar surface area (TPSA) is 115 Å². The number of carbonyl (C=O) groups excluding carboxylic acids is 1. The second-order valence-corrected chi connectivity index (χ2v) is 11.2. The fourth-order valence-corrected chi connectivity index (χ4v) is 4.55. The summed E-state index contributed by atoms with van der Waals surface area (Å²) in [7, 11) is -2.17. The lowest BCUT2D eigenvalue weighted by atomic mass is 9.89. The minimum atomic E-state index is -4.07. The van der Waals surface area contributed by atoms with Gasteiger partial charge >= 0.3 is 0 Å². The Morgan fingerprint density at radius 3 is 2.28 bits per heavy atom. The van der Waals surface area contributed by atoms with Crippen LogP contribution in [-0.2, 0) is 20.2 Å². The highest BCUT2D eigenvalue weighted by Gasteiger charge is 2.35. The number of anilines is 2. The maximum Gasteiger partial charge on any atom is 0.268 e. The van der Waals surface area contributed by atoms with Crippen LogP contribution in [0.1, 0.15) is 56.6 Å². The molecule has 1 saturated heterocycles. The molecule has 0 spiro atoms. The molecule has 32 heavy (non-hydrogen) atoms. The van der Waals surface area contributed by atoms with Crippen molar-refractivity contribution in [1.29, 1.82) is 0 Å². The van der Waals surface area contributed by atoms with E-state index in [1.807, 2.05) is 32.7 Å². The van der Waals surface area contributed by atoms with E-state index in [-0.39, 0.29) is 21.4 Å². The molecule has 0 radical (unpaired) electrons. The van der Waals surface area contributed by atoms with E-state index in [2.05, 4.69) is 11.6 Å². The summed E-state index contributed by atoms with van der Waals surface area (Å²) >= 11 is 0. The molecule has 1 fully saturated rings. The van der Waals surface area contributed by atoms with E-state index in [1.54, 1.807) is 12.1 Å². The summed E-state index contributed by atoms with van der Waals surface area (Å²) in [6.45, 7) is 9.47. The number of nitrogens with one attached hydrogen (secondary N) is 1. The molecular weight excluding hydrogens is 428 g/mol. The molecular formula is C23H32N4O4S. The van der Waals surface area contributed by atoms with Crippen LogP contribution in [0.5, 0.6) is 0 Å². The molecule has 1 aromatic carbocycles. The van der Waals surface area contributed by atoms with E-state index < -0.39 is 15.9 Å². The zero-order chi connectivity index (χ0) is 23.7. The standard InChI is InChI=1S/C23H32N4O4S/c1-22(2,3)19-11-10-18(20(25-19)27(5)23(4)12-14-31-15-13-23)21(28)26-32(29,30)17-8-6-16(24)7-9-17/h6-11H,12-15,24H2,1-5H3,(H,26,28). The number of hydrogen-bond donors (Lipinski definition) is 2. The maximum atomic E-state index is 13.2. The third-order valence-corrected chi connectivity index (χ3v) is 7.35. The van der Waals surface area contributed by atoms with Crippen LogP contribution in [0.15, 0.2) is 41.3 Å². The molecule has 1 aliphatic heterocycles. The zero-order valence-electron chi connectivity index (χ0n) is 19.3. The summed E-state index contributed by atoms with van der Waals surface area (Å²) in [5.74, 6) is -0.279. The molecule has 8 nitrogen and oxygen atoms in total. The summed E-state index contributed by atoms with van der Waals surface area (Å²) in [5.41, 5.74) is 6.58. The Hall–Kier alpha value is -2.65. The van der Waals surface area contributed by atoms with Gasteiger partial charge in [-0.15, -0.1) is 0 Å². The lowest BCUT2D eigenvalue weighted by Gasteiger charge is -2.43. The van der Waals surface area contributed by atoms with Crippen molar-refractivity contribution in [1.82, 2.24) is 9.71 Å². The third-order valence-electron chi connectivity index (χ3n) is 6.00. The van der Waals surface area contributed by atoms with Gasteiger partial charge in [0.1, 0.15) is 5.82 Å². The maximum absolute atomic E-state index is 13.2. The number of benzene rings is 1. The highest BCUT2D eigenvalue weighted by atomic mass is 32.2. The molecule has 1 amide bonds. The van der Waals surface area contributed by atoms with E-state index in [0.29, 0.717) is 24.7 Å². The number of sulfonamides is 1. The summed E-state index contributed by atoms with van der Waals surface area (Å²) in [5, 5.41) is 0. The van der Waals surface area contributed by atoms with Gasteiger partial charge in [-0.3, -0.25) is 4.79 Å². The lowest BCUT2D eigenvalue weighted by Crippen LogP contribution is -2.49. The van der Waals surface area contributed by atoms with Gasteiger partial charge in [-0.1, -0.05) is 20.8 Å². The summed E-state index contributed by atoms with van der Waals surface area (Å²) < 4.78 is 33.2. The predicted molar refractivity (Wildman–Crippen MR) is 125 cm³/mol. The van der Waals surface area contributed by atoms with Gasteiger partial charge in [0.25, 0.3) is 15.9 Å². The van der Waals surface area contributed by atoms with Crippen LogP contribution >= 0.6 is 0 Å². The van der Waals surface area contributed by atoms with Crippen molar-refractivity contribution in [3.05, 3.63) is 47.7 Å². The highest BCUT2D eigenvalue weighted by molar-refractivity contribution is 7.90. The summed E-state index contributed by atoms with van der Waals surface area (Å²) in [4.78, 5) is 19.9. The predicted octanol–water partition coefficient (Wildman–Crippen LogP) is 3.09. The van der Waals surface area contributed by atoms with Crippen molar-refractivity contribution in [2.75, 3.05) is 30.9 Å². The van der Waals surface area contributed by atoms with Crippen molar-refractivity contribution >= 4 is 27.4 Å². The Bertz CT molecular complexity index is 1090. The quantitative estimate of drug-likeness (QED) is 0.659. The molecule has 2 heterocycles. The first kappa shape index (κ1) is 24.0. The number of nitrogens with two attached hydrogens (primary N) is 1. The van der Waals surface area contributed by atoms with Gasteiger partial charge in [-0.25, -0.2) is 18.1 Å². The molecule has 3 N–H and O–H groups in total. The second kappa shape index (κ2) is 8.71. The largest absolute Gasteiger partial charge is 0.399 e. The molecule has 3 rings (SSSR count). The molecule has 0 saturated carbocycles. The summed E-state index contributed by atoms with van der Waals surface area (Å²) in [6.07, 6.45) is 1.55.